The number of hydrogen-bond donors (Lipinski definition) is 0. The molecule has 1 atom stereocenters. The Hall–Kier alpha value is -2.52. The number of hydrogen-bond acceptors (Lipinski definition) is 6. The molecule has 3 heterocycles. The smallest absolute Gasteiger partial charge is 0.142 e. The SMILES string of the molecule is CN(Cc1ncccn1)[C@H]1CCN(c2ccc(C#N)nc2)C1. The maximum absolute atomic E-state index is 8.80. The van der Waals surface area contributed by atoms with Crippen molar-refractivity contribution in [1.82, 2.24) is 19.9 Å². The molecular weight excluding hydrogens is 276 g/mol. The van der Waals surface area contributed by atoms with Gasteiger partial charge in [0.25, 0.3) is 0 Å². The van der Waals surface area contributed by atoms with Crippen LogP contribution in [0.15, 0.2) is 36.8 Å². The molecule has 1 fully saturated rings. The molecule has 2 aromatic heterocycles. The third-order valence-electron chi connectivity index (χ3n) is 4.02. The minimum absolute atomic E-state index is 0.456. The van der Waals surface area contributed by atoms with Gasteiger partial charge in [0.1, 0.15) is 17.6 Å². The van der Waals surface area contributed by atoms with Crippen LogP contribution < -0.4 is 4.90 Å². The quantitative estimate of drug-likeness (QED) is 0.850. The number of pyridine rings is 1. The van der Waals surface area contributed by atoms with Crippen LogP contribution in [0.25, 0.3) is 0 Å². The van der Waals surface area contributed by atoms with E-state index in [0.29, 0.717) is 11.7 Å². The average molecular weight is 294 g/mol. The molecule has 3 rings (SSSR count). The van der Waals surface area contributed by atoms with Gasteiger partial charge in [-0.15, -0.1) is 0 Å². The second-order valence-electron chi connectivity index (χ2n) is 5.48. The highest BCUT2D eigenvalue weighted by Gasteiger charge is 2.26. The first kappa shape index (κ1) is 14.4. The fourth-order valence-electron chi connectivity index (χ4n) is 2.74. The number of likely N-dealkylation sites (N-methyl/N-ethyl adjacent to an activating group) is 1. The molecule has 112 valence electrons. The molecule has 2 aromatic rings. The van der Waals surface area contributed by atoms with E-state index in [4.69, 9.17) is 5.26 Å². The molecule has 6 heteroatoms. The Morgan fingerprint density at radius 2 is 2.14 bits per heavy atom. The fraction of sp³-hybridized carbons (Fsp3) is 0.375. The number of rotatable bonds is 4. The van der Waals surface area contributed by atoms with E-state index >= 15 is 0 Å². The zero-order valence-corrected chi connectivity index (χ0v) is 12.6. The minimum Gasteiger partial charge on any atom is -0.369 e. The van der Waals surface area contributed by atoms with Gasteiger partial charge in [-0.2, -0.15) is 5.26 Å². The molecule has 0 N–H and O–H groups in total. The van der Waals surface area contributed by atoms with Crippen molar-refractivity contribution >= 4 is 5.69 Å². The van der Waals surface area contributed by atoms with E-state index in [1.165, 1.54) is 0 Å². The third kappa shape index (κ3) is 3.21. The first-order chi connectivity index (χ1) is 10.8. The first-order valence-electron chi connectivity index (χ1n) is 7.33. The van der Waals surface area contributed by atoms with Crippen molar-refractivity contribution < 1.29 is 0 Å². The van der Waals surface area contributed by atoms with E-state index in [-0.39, 0.29) is 0 Å². The van der Waals surface area contributed by atoms with Gasteiger partial charge < -0.3 is 4.90 Å². The van der Waals surface area contributed by atoms with Crippen molar-refractivity contribution in [2.24, 2.45) is 0 Å². The Balaban J connectivity index is 1.60. The number of aromatic nitrogens is 3. The highest BCUT2D eigenvalue weighted by atomic mass is 15.3. The zero-order valence-electron chi connectivity index (χ0n) is 12.6. The Morgan fingerprint density at radius 1 is 1.32 bits per heavy atom. The lowest BCUT2D eigenvalue weighted by atomic mass is 10.2. The largest absolute Gasteiger partial charge is 0.369 e. The van der Waals surface area contributed by atoms with Crippen LogP contribution in [0.1, 0.15) is 17.9 Å². The van der Waals surface area contributed by atoms with Gasteiger partial charge in [-0.1, -0.05) is 0 Å². The van der Waals surface area contributed by atoms with E-state index in [0.717, 1.165) is 37.6 Å². The molecule has 0 spiro atoms. The summed E-state index contributed by atoms with van der Waals surface area (Å²) in [6.45, 7) is 2.71. The predicted octanol–water partition coefficient (Wildman–Crippen LogP) is 1.45. The summed E-state index contributed by atoms with van der Waals surface area (Å²) in [7, 11) is 2.11. The highest BCUT2D eigenvalue weighted by molar-refractivity contribution is 5.47. The minimum atomic E-state index is 0.456. The first-order valence-corrected chi connectivity index (χ1v) is 7.33. The van der Waals surface area contributed by atoms with Crippen molar-refractivity contribution in [3.63, 3.8) is 0 Å². The Labute approximate surface area is 130 Å². The van der Waals surface area contributed by atoms with Gasteiger partial charge in [0.2, 0.25) is 0 Å². The predicted molar refractivity (Wildman–Crippen MR) is 83.1 cm³/mol. The normalized spacial score (nSPS) is 17.7. The van der Waals surface area contributed by atoms with Gasteiger partial charge in [-0.3, -0.25) is 4.90 Å². The number of nitrogens with zero attached hydrogens (tertiary/aromatic N) is 6. The monoisotopic (exact) mass is 294 g/mol. The van der Waals surface area contributed by atoms with Crippen LogP contribution in [0.4, 0.5) is 5.69 Å². The third-order valence-corrected chi connectivity index (χ3v) is 4.02. The van der Waals surface area contributed by atoms with Crippen molar-refractivity contribution in [2.75, 3.05) is 25.0 Å². The average Bonchev–Trinajstić information content (AvgIpc) is 3.06. The molecule has 0 saturated carbocycles. The van der Waals surface area contributed by atoms with Crippen LogP contribution in [0.3, 0.4) is 0 Å². The van der Waals surface area contributed by atoms with E-state index < -0.39 is 0 Å². The second kappa shape index (κ2) is 6.50. The van der Waals surface area contributed by atoms with Gasteiger partial charge in [-0.05, 0) is 31.7 Å². The van der Waals surface area contributed by atoms with Crippen molar-refractivity contribution in [3.8, 4) is 6.07 Å². The highest BCUT2D eigenvalue weighted by Crippen LogP contribution is 2.22. The molecule has 0 aliphatic carbocycles. The summed E-state index contributed by atoms with van der Waals surface area (Å²) in [6.07, 6.45) is 6.43. The van der Waals surface area contributed by atoms with Gasteiger partial charge in [0.15, 0.2) is 0 Å². The molecule has 0 amide bonds. The van der Waals surface area contributed by atoms with E-state index in [1.807, 2.05) is 18.2 Å². The van der Waals surface area contributed by atoms with E-state index in [9.17, 15) is 0 Å². The molecule has 22 heavy (non-hydrogen) atoms. The summed E-state index contributed by atoms with van der Waals surface area (Å²) in [5.74, 6) is 0.850. The summed E-state index contributed by atoms with van der Waals surface area (Å²) in [5.41, 5.74) is 1.53. The lowest BCUT2D eigenvalue weighted by Crippen LogP contribution is -2.34. The molecule has 0 radical (unpaired) electrons. The standard InChI is InChI=1S/C16H18N6/c1-21(12-16-18-6-2-7-19-16)15-5-8-22(11-15)14-4-3-13(9-17)20-10-14/h2-4,6-7,10,15H,5,8,11-12H2,1H3/t15-/m0/s1. The lowest BCUT2D eigenvalue weighted by Gasteiger charge is -2.24. The Morgan fingerprint density at radius 3 is 2.82 bits per heavy atom. The Bertz CT molecular complexity index is 649. The maximum atomic E-state index is 8.80. The van der Waals surface area contributed by atoms with E-state index in [2.05, 4.69) is 31.8 Å². The molecule has 6 nitrogen and oxygen atoms in total. The van der Waals surface area contributed by atoms with Crippen LogP contribution in [0, 0.1) is 11.3 Å². The van der Waals surface area contributed by atoms with Crippen molar-refractivity contribution in [1.29, 1.82) is 5.26 Å². The van der Waals surface area contributed by atoms with Crippen LogP contribution in [0.5, 0.6) is 0 Å². The zero-order chi connectivity index (χ0) is 15.4. The molecule has 1 saturated heterocycles. The molecule has 0 bridgehead atoms. The van der Waals surface area contributed by atoms with Gasteiger partial charge in [0, 0.05) is 31.5 Å². The summed E-state index contributed by atoms with van der Waals surface area (Å²) in [5, 5.41) is 8.80. The van der Waals surface area contributed by atoms with Crippen LogP contribution in [-0.2, 0) is 6.54 Å². The summed E-state index contributed by atoms with van der Waals surface area (Å²) < 4.78 is 0. The van der Waals surface area contributed by atoms with Crippen molar-refractivity contribution in [2.45, 2.75) is 19.0 Å². The molecular formula is C16H18N6. The van der Waals surface area contributed by atoms with Crippen molar-refractivity contribution in [3.05, 3.63) is 48.3 Å². The fourth-order valence-corrected chi connectivity index (χ4v) is 2.74. The summed E-state index contributed by atoms with van der Waals surface area (Å²) >= 11 is 0. The van der Waals surface area contributed by atoms with E-state index in [1.54, 1.807) is 24.7 Å². The van der Waals surface area contributed by atoms with Gasteiger partial charge in [-0.25, -0.2) is 15.0 Å². The lowest BCUT2D eigenvalue weighted by molar-refractivity contribution is 0.244. The van der Waals surface area contributed by atoms with Crippen LogP contribution in [0.2, 0.25) is 0 Å². The molecule has 0 unspecified atom stereocenters. The molecule has 0 aromatic carbocycles. The molecule has 1 aliphatic heterocycles. The topological polar surface area (TPSA) is 68.9 Å². The summed E-state index contributed by atoms with van der Waals surface area (Å²) in [6, 6.07) is 8.09. The molecule has 1 aliphatic rings. The number of anilines is 1. The second-order valence-corrected chi connectivity index (χ2v) is 5.48. The Kier molecular flexibility index (Phi) is 4.26. The number of nitriles is 1. The van der Waals surface area contributed by atoms with Crippen LogP contribution in [-0.4, -0.2) is 46.0 Å². The van der Waals surface area contributed by atoms with Gasteiger partial charge in [0.05, 0.1) is 18.4 Å². The van der Waals surface area contributed by atoms with Crippen LogP contribution >= 0.6 is 0 Å². The van der Waals surface area contributed by atoms with Gasteiger partial charge >= 0.3 is 0 Å². The summed E-state index contributed by atoms with van der Waals surface area (Å²) in [4.78, 5) is 17.3. The maximum Gasteiger partial charge on any atom is 0.142 e.